The van der Waals surface area contributed by atoms with E-state index < -0.39 is 34.6 Å². The van der Waals surface area contributed by atoms with Crippen molar-refractivity contribution in [2.75, 3.05) is 5.32 Å². The predicted octanol–water partition coefficient (Wildman–Crippen LogP) is 7.16. The quantitative estimate of drug-likeness (QED) is 0.259. The smallest absolute Gasteiger partial charge is 0.274 e. The number of hydrogen-bond acceptors (Lipinski definition) is 3. The highest BCUT2D eigenvalue weighted by atomic mass is 127. The minimum absolute atomic E-state index is 0.165. The lowest BCUT2D eigenvalue weighted by Gasteiger charge is -2.31. The Morgan fingerprint density at radius 1 is 1.12 bits per heavy atom. The molecule has 2 heterocycles. The Balaban J connectivity index is 1.65. The molecule has 0 aliphatic heterocycles. The zero-order chi connectivity index (χ0) is 24.4. The fourth-order valence-electron chi connectivity index (χ4n) is 4.51. The summed E-state index contributed by atoms with van der Waals surface area (Å²) in [6.07, 6.45) is 7.71. The monoisotopic (exact) mass is 577 g/mol. The molecule has 176 valence electrons. The van der Waals surface area contributed by atoms with Crippen LogP contribution in [0.4, 0.5) is 18.9 Å². The number of pyridine rings is 2. The molecule has 1 aliphatic carbocycles. The SMILES string of the molecule is C=Cc1cc(F)c(-c2nc(C(=O)Nc3cnccc3C3CC(I)C[C@@H](C)C3)ccc2F)c(F)c1. The number of carbonyl (C=O) groups excluding carboxylic acids is 1. The maximum absolute atomic E-state index is 14.6. The molecule has 0 radical (unpaired) electrons. The molecule has 2 unspecified atom stereocenters. The van der Waals surface area contributed by atoms with Crippen LogP contribution in [0.25, 0.3) is 17.3 Å². The normalized spacial score (nSPS) is 20.1. The van der Waals surface area contributed by atoms with Crippen molar-refractivity contribution in [3.8, 4) is 11.3 Å². The van der Waals surface area contributed by atoms with Crippen LogP contribution in [0.2, 0.25) is 0 Å². The summed E-state index contributed by atoms with van der Waals surface area (Å²) in [4.78, 5) is 21.1. The molecule has 4 rings (SSSR count). The average molecular weight is 577 g/mol. The number of nitrogens with zero attached hydrogens (tertiary/aromatic N) is 2. The molecular weight excluding hydrogens is 554 g/mol. The van der Waals surface area contributed by atoms with Gasteiger partial charge in [0.25, 0.3) is 5.91 Å². The zero-order valence-electron chi connectivity index (χ0n) is 18.5. The summed E-state index contributed by atoms with van der Waals surface area (Å²) >= 11 is 2.47. The first-order valence-electron chi connectivity index (χ1n) is 10.9. The Morgan fingerprint density at radius 2 is 1.85 bits per heavy atom. The van der Waals surface area contributed by atoms with Gasteiger partial charge in [0.15, 0.2) is 0 Å². The van der Waals surface area contributed by atoms with Crippen molar-refractivity contribution in [3.05, 3.63) is 83.6 Å². The second kappa shape index (κ2) is 10.2. The average Bonchev–Trinajstić information content (AvgIpc) is 2.79. The maximum Gasteiger partial charge on any atom is 0.274 e. The van der Waals surface area contributed by atoms with Gasteiger partial charge in [0.2, 0.25) is 0 Å². The fraction of sp³-hybridized carbons (Fsp3) is 0.269. The molecule has 1 amide bonds. The molecule has 1 N–H and O–H groups in total. The third-order valence-electron chi connectivity index (χ3n) is 6.04. The van der Waals surface area contributed by atoms with Gasteiger partial charge in [-0.1, -0.05) is 42.2 Å². The van der Waals surface area contributed by atoms with Gasteiger partial charge in [0.1, 0.15) is 28.8 Å². The molecule has 8 heteroatoms. The Labute approximate surface area is 209 Å². The van der Waals surface area contributed by atoms with E-state index in [1.807, 2.05) is 6.07 Å². The van der Waals surface area contributed by atoms with Gasteiger partial charge in [-0.05, 0) is 72.6 Å². The van der Waals surface area contributed by atoms with Gasteiger partial charge in [-0.3, -0.25) is 9.78 Å². The summed E-state index contributed by atoms with van der Waals surface area (Å²) < 4.78 is 44.2. The van der Waals surface area contributed by atoms with Gasteiger partial charge in [-0.2, -0.15) is 0 Å². The van der Waals surface area contributed by atoms with E-state index in [4.69, 9.17) is 0 Å². The number of benzene rings is 1. The lowest BCUT2D eigenvalue weighted by molar-refractivity contribution is 0.102. The van der Waals surface area contributed by atoms with E-state index in [0.29, 0.717) is 15.5 Å². The van der Waals surface area contributed by atoms with E-state index in [2.05, 4.69) is 51.4 Å². The van der Waals surface area contributed by atoms with Crippen LogP contribution in [0.5, 0.6) is 0 Å². The molecule has 3 atom stereocenters. The predicted molar refractivity (Wildman–Crippen MR) is 135 cm³/mol. The first kappa shape index (κ1) is 24.4. The molecule has 1 saturated carbocycles. The second-order valence-electron chi connectivity index (χ2n) is 8.61. The number of aromatic nitrogens is 2. The number of nitrogens with one attached hydrogen (secondary N) is 1. The molecular formula is C26H23F3IN3O. The van der Waals surface area contributed by atoms with E-state index >= 15 is 0 Å². The topological polar surface area (TPSA) is 54.9 Å². The first-order chi connectivity index (χ1) is 16.3. The zero-order valence-corrected chi connectivity index (χ0v) is 20.7. The van der Waals surface area contributed by atoms with Crippen LogP contribution in [-0.4, -0.2) is 19.8 Å². The highest BCUT2D eigenvalue weighted by Gasteiger charge is 2.28. The van der Waals surface area contributed by atoms with Crippen LogP contribution in [0.3, 0.4) is 0 Å². The van der Waals surface area contributed by atoms with Crippen molar-refractivity contribution in [3.63, 3.8) is 0 Å². The highest BCUT2D eigenvalue weighted by Crippen LogP contribution is 2.41. The summed E-state index contributed by atoms with van der Waals surface area (Å²) in [6, 6.07) is 6.13. The number of carbonyl (C=O) groups is 1. The van der Waals surface area contributed by atoms with E-state index in [-0.39, 0.29) is 17.2 Å². The first-order valence-corrected chi connectivity index (χ1v) is 12.2. The Hall–Kier alpha value is -2.75. The lowest BCUT2D eigenvalue weighted by Crippen LogP contribution is -2.22. The molecule has 0 bridgehead atoms. The summed E-state index contributed by atoms with van der Waals surface area (Å²) in [5.41, 5.74) is 0.374. The Bertz CT molecular complexity index is 1220. The van der Waals surface area contributed by atoms with Crippen LogP contribution in [0.1, 0.15) is 53.7 Å². The number of alkyl halides is 1. The van der Waals surface area contributed by atoms with Crippen LogP contribution >= 0.6 is 22.6 Å². The minimum Gasteiger partial charge on any atom is -0.319 e. The molecule has 0 saturated heterocycles. The highest BCUT2D eigenvalue weighted by molar-refractivity contribution is 14.1. The number of rotatable bonds is 5. The lowest BCUT2D eigenvalue weighted by atomic mass is 9.78. The van der Waals surface area contributed by atoms with Crippen molar-refractivity contribution in [1.82, 2.24) is 9.97 Å². The van der Waals surface area contributed by atoms with E-state index in [9.17, 15) is 18.0 Å². The van der Waals surface area contributed by atoms with Crippen molar-refractivity contribution >= 4 is 40.3 Å². The molecule has 0 spiro atoms. The largest absolute Gasteiger partial charge is 0.319 e. The van der Waals surface area contributed by atoms with Crippen molar-refractivity contribution < 1.29 is 18.0 Å². The molecule has 2 aromatic heterocycles. The number of amides is 1. The van der Waals surface area contributed by atoms with Gasteiger partial charge in [-0.15, -0.1) is 0 Å². The van der Waals surface area contributed by atoms with Gasteiger partial charge in [0.05, 0.1) is 17.4 Å². The third kappa shape index (κ3) is 5.16. The summed E-state index contributed by atoms with van der Waals surface area (Å²) in [7, 11) is 0. The number of hydrogen-bond donors (Lipinski definition) is 1. The van der Waals surface area contributed by atoms with Gasteiger partial charge >= 0.3 is 0 Å². The number of anilines is 1. The third-order valence-corrected chi connectivity index (χ3v) is 7.06. The van der Waals surface area contributed by atoms with Crippen LogP contribution in [0.15, 0.2) is 49.3 Å². The summed E-state index contributed by atoms with van der Waals surface area (Å²) in [6.45, 7) is 5.70. The second-order valence-corrected chi connectivity index (χ2v) is 10.4. The molecule has 4 nitrogen and oxygen atoms in total. The van der Waals surface area contributed by atoms with E-state index in [1.54, 1.807) is 12.4 Å². The molecule has 34 heavy (non-hydrogen) atoms. The molecule has 3 aromatic rings. The number of halogens is 4. The fourth-order valence-corrected chi connectivity index (χ4v) is 5.99. The van der Waals surface area contributed by atoms with Crippen molar-refractivity contribution in [1.29, 1.82) is 0 Å². The standard InChI is InChI=1S/C26H23F3IN3O/c1-3-15-10-20(28)24(21(29)11-15)25-19(27)4-5-22(32-25)26(34)33-23-13-31-7-6-18(23)16-8-14(2)9-17(30)12-16/h3-7,10-11,13-14,16-17H,1,8-9,12H2,2H3,(H,33,34)/t14-,16?,17?/m0/s1. The minimum atomic E-state index is -0.992. The van der Waals surface area contributed by atoms with Crippen molar-refractivity contribution in [2.24, 2.45) is 5.92 Å². The van der Waals surface area contributed by atoms with E-state index in [0.717, 1.165) is 43.0 Å². The maximum atomic E-state index is 14.6. The Morgan fingerprint density at radius 3 is 2.53 bits per heavy atom. The van der Waals surface area contributed by atoms with Crippen LogP contribution < -0.4 is 5.32 Å². The molecule has 1 fully saturated rings. The van der Waals surface area contributed by atoms with Gasteiger partial charge < -0.3 is 5.32 Å². The summed E-state index contributed by atoms with van der Waals surface area (Å²) in [5, 5.41) is 2.81. The van der Waals surface area contributed by atoms with E-state index in [1.165, 1.54) is 12.1 Å². The van der Waals surface area contributed by atoms with Crippen LogP contribution in [0, 0.1) is 23.4 Å². The van der Waals surface area contributed by atoms with Crippen LogP contribution in [-0.2, 0) is 0 Å². The van der Waals surface area contributed by atoms with Gasteiger partial charge in [0, 0.05) is 10.1 Å². The Kier molecular flexibility index (Phi) is 7.35. The van der Waals surface area contributed by atoms with Gasteiger partial charge in [-0.25, -0.2) is 18.2 Å². The molecule has 1 aliphatic rings. The summed E-state index contributed by atoms with van der Waals surface area (Å²) in [5.74, 6) is -2.70. The molecule has 1 aromatic carbocycles. The van der Waals surface area contributed by atoms with Crippen molar-refractivity contribution in [2.45, 2.75) is 36.0 Å².